The van der Waals surface area contributed by atoms with Gasteiger partial charge in [-0.1, -0.05) is 36.7 Å². The lowest BCUT2D eigenvalue weighted by Crippen LogP contribution is -2.50. The lowest BCUT2D eigenvalue weighted by Gasteiger charge is -2.34. The minimum atomic E-state index is -3.59. The van der Waals surface area contributed by atoms with Gasteiger partial charge in [-0.3, -0.25) is 4.79 Å². The standard InChI is InChI=1S/C26H24ClN3O3S2/c1-2-19-9-11-25(34-19)24-17-22(21-16-18(27)8-10-23(21)28-24)26(31)29-12-14-30(15-13-29)35(32,33)20-6-4-3-5-7-20/h3-11,16-17H,2,12-15H2,1H3. The van der Waals surface area contributed by atoms with Gasteiger partial charge in [0.15, 0.2) is 0 Å². The van der Waals surface area contributed by atoms with E-state index in [-0.39, 0.29) is 23.9 Å². The number of nitrogens with zero attached hydrogens (tertiary/aromatic N) is 3. The lowest BCUT2D eigenvalue weighted by atomic mass is 10.1. The van der Waals surface area contributed by atoms with E-state index >= 15 is 0 Å². The molecule has 0 spiro atoms. The topological polar surface area (TPSA) is 70.6 Å². The molecule has 2 aromatic carbocycles. The summed E-state index contributed by atoms with van der Waals surface area (Å²) < 4.78 is 27.4. The summed E-state index contributed by atoms with van der Waals surface area (Å²) in [5, 5.41) is 1.22. The molecule has 1 amide bonds. The van der Waals surface area contributed by atoms with Crippen LogP contribution in [0.1, 0.15) is 22.2 Å². The number of rotatable bonds is 5. The zero-order valence-electron chi connectivity index (χ0n) is 19.1. The van der Waals surface area contributed by atoms with Crippen LogP contribution in [0.2, 0.25) is 5.02 Å². The summed E-state index contributed by atoms with van der Waals surface area (Å²) in [6, 6.07) is 19.7. The number of benzene rings is 2. The van der Waals surface area contributed by atoms with Crippen LogP contribution in [0, 0.1) is 0 Å². The molecule has 3 heterocycles. The predicted octanol–water partition coefficient (Wildman–Crippen LogP) is 5.33. The van der Waals surface area contributed by atoms with Crippen LogP contribution in [-0.4, -0.2) is 54.7 Å². The first-order valence-electron chi connectivity index (χ1n) is 11.4. The zero-order valence-corrected chi connectivity index (χ0v) is 21.5. The Morgan fingerprint density at radius 2 is 1.74 bits per heavy atom. The number of carbonyl (C=O) groups excluding carboxylic acids is 1. The molecule has 1 aliphatic rings. The number of halogens is 1. The van der Waals surface area contributed by atoms with Crippen LogP contribution >= 0.6 is 22.9 Å². The molecule has 1 fully saturated rings. The summed E-state index contributed by atoms with van der Waals surface area (Å²) in [6.45, 7) is 3.21. The molecule has 0 saturated carbocycles. The van der Waals surface area contributed by atoms with Crippen molar-refractivity contribution >= 4 is 49.8 Å². The number of piperazine rings is 1. The second-order valence-electron chi connectivity index (χ2n) is 8.35. The molecular weight excluding hydrogens is 502 g/mol. The van der Waals surface area contributed by atoms with Gasteiger partial charge in [0.25, 0.3) is 5.91 Å². The third-order valence-electron chi connectivity index (χ3n) is 6.17. The smallest absolute Gasteiger partial charge is 0.254 e. The molecule has 0 atom stereocenters. The number of carbonyl (C=O) groups is 1. The van der Waals surface area contributed by atoms with Crippen molar-refractivity contribution in [3.05, 3.63) is 82.2 Å². The number of hydrogen-bond acceptors (Lipinski definition) is 5. The van der Waals surface area contributed by atoms with Crippen molar-refractivity contribution in [2.24, 2.45) is 0 Å². The molecular formula is C26H24ClN3O3S2. The average Bonchev–Trinajstić information content (AvgIpc) is 3.38. The largest absolute Gasteiger partial charge is 0.336 e. The molecule has 4 aromatic rings. The second kappa shape index (κ2) is 9.70. The maximum atomic E-state index is 13.7. The molecule has 5 rings (SSSR count). The summed E-state index contributed by atoms with van der Waals surface area (Å²) in [4.78, 5) is 22.7. The van der Waals surface area contributed by atoms with Crippen molar-refractivity contribution in [1.82, 2.24) is 14.2 Å². The van der Waals surface area contributed by atoms with Gasteiger partial charge in [-0.2, -0.15) is 4.31 Å². The van der Waals surface area contributed by atoms with Gasteiger partial charge in [0.05, 0.1) is 26.5 Å². The quantitative estimate of drug-likeness (QED) is 0.353. The van der Waals surface area contributed by atoms with Gasteiger partial charge >= 0.3 is 0 Å². The Balaban J connectivity index is 1.44. The van der Waals surface area contributed by atoms with Gasteiger partial charge in [0.1, 0.15) is 0 Å². The Morgan fingerprint density at radius 1 is 1.00 bits per heavy atom. The Kier molecular flexibility index (Phi) is 6.63. The number of pyridine rings is 1. The van der Waals surface area contributed by atoms with Crippen molar-refractivity contribution in [2.45, 2.75) is 18.2 Å². The Morgan fingerprint density at radius 3 is 2.43 bits per heavy atom. The molecule has 0 unspecified atom stereocenters. The molecule has 35 heavy (non-hydrogen) atoms. The van der Waals surface area contributed by atoms with Crippen LogP contribution in [0.15, 0.2) is 71.6 Å². The van der Waals surface area contributed by atoms with Gasteiger partial charge in [0, 0.05) is 41.5 Å². The fourth-order valence-corrected chi connectivity index (χ4v) is 6.77. The van der Waals surface area contributed by atoms with Crippen molar-refractivity contribution in [3.8, 4) is 10.6 Å². The first kappa shape index (κ1) is 23.9. The van der Waals surface area contributed by atoms with Gasteiger partial charge in [0.2, 0.25) is 10.0 Å². The van der Waals surface area contributed by atoms with E-state index in [1.165, 1.54) is 9.18 Å². The van der Waals surface area contributed by atoms with Crippen molar-refractivity contribution in [2.75, 3.05) is 26.2 Å². The van der Waals surface area contributed by atoms with E-state index in [1.54, 1.807) is 58.7 Å². The van der Waals surface area contributed by atoms with Crippen molar-refractivity contribution in [3.63, 3.8) is 0 Å². The highest BCUT2D eigenvalue weighted by molar-refractivity contribution is 7.89. The summed E-state index contributed by atoms with van der Waals surface area (Å²) >= 11 is 7.93. The van der Waals surface area contributed by atoms with E-state index in [1.807, 2.05) is 18.2 Å². The molecule has 0 aliphatic carbocycles. The van der Waals surface area contributed by atoms with Crippen LogP contribution in [0.4, 0.5) is 0 Å². The SMILES string of the molecule is CCc1ccc(-c2cc(C(=O)N3CCN(S(=O)(=O)c4ccccc4)CC3)c3cc(Cl)ccc3n2)s1. The lowest BCUT2D eigenvalue weighted by molar-refractivity contribution is 0.0700. The van der Waals surface area contributed by atoms with Crippen molar-refractivity contribution < 1.29 is 13.2 Å². The normalized spacial score (nSPS) is 15.0. The molecule has 0 radical (unpaired) electrons. The Bertz CT molecular complexity index is 1500. The molecule has 0 bridgehead atoms. The third kappa shape index (κ3) is 4.71. The van der Waals surface area contributed by atoms with E-state index < -0.39 is 10.0 Å². The number of fused-ring (bicyclic) bond motifs is 1. The number of aromatic nitrogens is 1. The maximum absolute atomic E-state index is 13.7. The van der Waals surface area contributed by atoms with Crippen LogP contribution in [0.3, 0.4) is 0 Å². The minimum absolute atomic E-state index is 0.148. The summed E-state index contributed by atoms with van der Waals surface area (Å²) in [6.07, 6.45) is 0.940. The van der Waals surface area contributed by atoms with Gasteiger partial charge in [-0.05, 0) is 55.0 Å². The number of thiophene rings is 1. The van der Waals surface area contributed by atoms with Crippen LogP contribution in [0.25, 0.3) is 21.5 Å². The van der Waals surface area contributed by atoms with E-state index in [0.29, 0.717) is 34.6 Å². The molecule has 180 valence electrons. The molecule has 6 nitrogen and oxygen atoms in total. The van der Waals surface area contributed by atoms with E-state index in [4.69, 9.17) is 16.6 Å². The minimum Gasteiger partial charge on any atom is -0.336 e. The van der Waals surface area contributed by atoms with Gasteiger partial charge in [-0.25, -0.2) is 13.4 Å². The highest BCUT2D eigenvalue weighted by atomic mass is 35.5. The fraction of sp³-hybridized carbons (Fsp3) is 0.231. The van der Waals surface area contributed by atoms with Crippen LogP contribution < -0.4 is 0 Å². The second-order valence-corrected chi connectivity index (χ2v) is 11.9. The highest BCUT2D eigenvalue weighted by Gasteiger charge is 2.31. The summed E-state index contributed by atoms with van der Waals surface area (Å²) in [5.74, 6) is -0.148. The highest BCUT2D eigenvalue weighted by Crippen LogP contribution is 2.32. The predicted molar refractivity (Wildman–Crippen MR) is 141 cm³/mol. The monoisotopic (exact) mass is 525 g/mol. The molecule has 1 saturated heterocycles. The van der Waals surface area contributed by atoms with Crippen LogP contribution in [-0.2, 0) is 16.4 Å². The molecule has 1 aliphatic heterocycles. The van der Waals surface area contributed by atoms with Crippen molar-refractivity contribution in [1.29, 1.82) is 0 Å². The number of amides is 1. The first-order valence-corrected chi connectivity index (χ1v) is 14.0. The third-order valence-corrected chi connectivity index (χ3v) is 9.57. The maximum Gasteiger partial charge on any atom is 0.254 e. The molecule has 2 aromatic heterocycles. The molecule has 0 N–H and O–H groups in total. The average molecular weight is 526 g/mol. The Labute approximate surface area is 213 Å². The Hall–Kier alpha value is -2.78. The van der Waals surface area contributed by atoms with Gasteiger partial charge in [-0.15, -0.1) is 11.3 Å². The zero-order chi connectivity index (χ0) is 24.6. The van der Waals surface area contributed by atoms with E-state index in [0.717, 1.165) is 17.0 Å². The number of aryl methyl sites for hydroxylation is 1. The summed E-state index contributed by atoms with van der Waals surface area (Å²) in [5.41, 5.74) is 1.98. The molecule has 9 heteroatoms. The first-order chi connectivity index (χ1) is 16.9. The van der Waals surface area contributed by atoms with E-state index in [2.05, 4.69) is 13.0 Å². The van der Waals surface area contributed by atoms with Crippen LogP contribution in [0.5, 0.6) is 0 Å². The summed E-state index contributed by atoms with van der Waals surface area (Å²) in [7, 11) is -3.59. The number of sulfonamides is 1. The van der Waals surface area contributed by atoms with E-state index in [9.17, 15) is 13.2 Å². The van der Waals surface area contributed by atoms with Gasteiger partial charge < -0.3 is 4.90 Å². The number of hydrogen-bond donors (Lipinski definition) is 0. The fourth-order valence-electron chi connectivity index (χ4n) is 4.25.